The van der Waals surface area contributed by atoms with Crippen LogP contribution < -0.4 is 16.2 Å². The molecule has 18 heavy (non-hydrogen) atoms. The van der Waals surface area contributed by atoms with E-state index in [1.165, 1.54) is 0 Å². The van der Waals surface area contributed by atoms with E-state index in [-0.39, 0.29) is 0 Å². The van der Waals surface area contributed by atoms with Crippen LogP contribution in [-0.2, 0) is 0 Å². The average molecular weight is 249 g/mol. The third kappa shape index (κ3) is 2.26. The van der Waals surface area contributed by atoms with Crippen molar-refractivity contribution in [3.05, 3.63) is 11.9 Å². The normalized spacial score (nSPS) is 27.6. The van der Waals surface area contributed by atoms with Crippen LogP contribution in [0.1, 0.15) is 37.9 Å². The van der Waals surface area contributed by atoms with E-state index in [0.717, 1.165) is 37.4 Å². The van der Waals surface area contributed by atoms with Crippen molar-refractivity contribution in [2.75, 3.05) is 23.4 Å². The van der Waals surface area contributed by atoms with Gasteiger partial charge in [-0.15, -0.1) is 0 Å². The van der Waals surface area contributed by atoms with E-state index < -0.39 is 5.60 Å². The Hall–Kier alpha value is -1.40. The van der Waals surface area contributed by atoms with Crippen LogP contribution in [-0.4, -0.2) is 33.8 Å². The molecule has 1 saturated carbocycles. The maximum absolute atomic E-state index is 10.0. The van der Waals surface area contributed by atoms with Crippen molar-refractivity contribution < 1.29 is 5.11 Å². The van der Waals surface area contributed by atoms with Crippen molar-refractivity contribution in [3.63, 3.8) is 0 Å². The first-order valence-electron chi connectivity index (χ1n) is 6.40. The maximum atomic E-state index is 10.0. The van der Waals surface area contributed by atoms with Gasteiger partial charge in [-0.25, -0.2) is 15.8 Å². The average Bonchev–Trinajstić information content (AvgIpc) is 3.13. The molecule has 98 valence electrons. The Kier molecular flexibility index (Phi) is 2.64. The van der Waals surface area contributed by atoms with Crippen molar-refractivity contribution in [1.82, 2.24) is 9.97 Å². The Morgan fingerprint density at radius 2 is 2.28 bits per heavy atom. The molecule has 1 aromatic heterocycles. The van der Waals surface area contributed by atoms with Gasteiger partial charge in [0, 0.05) is 25.1 Å². The molecule has 1 aliphatic carbocycles. The summed E-state index contributed by atoms with van der Waals surface area (Å²) in [5.41, 5.74) is 1.97. The van der Waals surface area contributed by atoms with Gasteiger partial charge < -0.3 is 15.4 Å². The number of β-amino-alcohol motifs (C(OH)–C–C–N with tert-alkyl or cyclic N) is 1. The van der Waals surface area contributed by atoms with E-state index >= 15 is 0 Å². The molecule has 0 amide bonds. The van der Waals surface area contributed by atoms with Crippen molar-refractivity contribution in [2.45, 2.75) is 37.7 Å². The van der Waals surface area contributed by atoms with E-state index in [0.29, 0.717) is 18.3 Å². The fourth-order valence-corrected chi connectivity index (χ4v) is 2.35. The third-order valence-electron chi connectivity index (χ3n) is 3.60. The van der Waals surface area contributed by atoms with Crippen molar-refractivity contribution in [2.24, 2.45) is 5.84 Å². The largest absolute Gasteiger partial charge is 0.388 e. The summed E-state index contributed by atoms with van der Waals surface area (Å²) in [5, 5.41) is 10.0. The number of anilines is 2. The molecule has 6 nitrogen and oxygen atoms in total. The van der Waals surface area contributed by atoms with Crippen LogP contribution >= 0.6 is 0 Å². The van der Waals surface area contributed by atoms with Crippen LogP contribution in [0, 0.1) is 0 Å². The van der Waals surface area contributed by atoms with E-state index in [4.69, 9.17) is 5.84 Å². The molecule has 3 rings (SSSR count). The lowest BCUT2D eigenvalue weighted by atomic mass is 10.1. The zero-order chi connectivity index (χ0) is 12.8. The molecule has 2 aliphatic rings. The first-order chi connectivity index (χ1) is 8.57. The van der Waals surface area contributed by atoms with Gasteiger partial charge >= 0.3 is 0 Å². The van der Waals surface area contributed by atoms with Gasteiger partial charge in [0.25, 0.3) is 0 Å². The molecule has 6 heteroatoms. The van der Waals surface area contributed by atoms with Gasteiger partial charge in [0.15, 0.2) is 0 Å². The van der Waals surface area contributed by atoms with E-state index in [2.05, 4.69) is 20.3 Å². The smallest absolute Gasteiger partial charge is 0.145 e. The van der Waals surface area contributed by atoms with Crippen LogP contribution in [0.25, 0.3) is 0 Å². The van der Waals surface area contributed by atoms with Crippen molar-refractivity contribution in [1.29, 1.82) is 0 Å². The predicted molar refractivity (Wildman–Crippen MR) is 69.3 cm³/mol. The first-order valence-corrected chi connectivity index (χ1v) is 6.40. The molecule has 2 heterocycles. The second-order valence-electron chi connectivity index (χ2n) is 5.56. The summed E-state index contributed by atoms with van der Waals surface area (Å²) >= 11 is 0. The lowest BCUT2D eigenvalue weighted by Gasteiger charge is -2.20. The van der Waals surface area contributed by atoms with Gasteiger partial charge in [0.2, 0.25) is 0 Å². The number of hydrogen-bond donors (Lipinski definition) is 3. The highest BCUT2D eigenvalue weighted by molar-refractivity contribution is 5.50. The Bertz CT molecular complexity index is 458. The second kappa shape index (κ2) is 4.07. The fourth-order valence-electron chi connectivity index (χ4n) is 2.35. The minimum atomic E-state index is -0.624. The maximum Gasteiger partial charge on any atom is 0.145 e. The Balaban J connectivity index is 1.89. The molecule has 0 radical (unpaired) electrons. The lowest BCUT2D eigenvalue weighted by Crippen LogP contribution is -2.30. The number of nitrogens with two attached hydrogens (primary N) is 1. The molecule has 0 spiro atoms. The van der Waals surface area contributed by atoms with E-state index in [1.807, 2.05) is 13.0 Å². The Labute approximate surface area is 106 Å². The molecule has 1 aromatic rings. The highest BCUT2D eigenvalue weighted by Gasteiger charge is 2.33. The van der Waals surface area contributed by atoms with Crippen LogP contribution in [0.2, 0.25) is 0 Å². The number of rotatable bonds is 3. The number of hydrazine groups is 1. The number of aromatic nitrogens is 2. The molecule has 0 aromatic carbocycles. The lowest BCUT2D eigenvalue weighted by molar-refractivity contribution is 0.0839. The third-order valence-corrected chi connectivity index (χ3v) is 3.60. The molecule has 1 aliphatic heterocycles. The summed E-state index contributed by atoms with van der Waals surface area (Å²) in [5.74, 6) is 8.31. The summed E-state index contributed by atoms with van der Waals surface area (Å²) < 4.78 is 0. The van der Waals surface area contributed by atoms with Gasteiger partial charge in [-0.05, 0) is 26.2 Å². The zero-order valence-corrected chi connectivity index (χ0v) is 10.6. The Morgan fingerprint density at radius 1 is 1.50 bits per heavy atom. The van der Waals surface area contributed by atoms with E-state index in [1.54, 1.807) is 0 Å². The molecule has 0 bridgehead atoms. The van der Waals surface area contributed by atoms with Crippen molar-refractivity contribution >= 4 is 11.6 Å². The van der Waals surface area contributed by atoms with Crippen LogP contribution in [0.15, 0.2) is 6.07 Å². The molecular weight excluding hydrogens is 230 g/mol. The van der Waals surface area contributed by atoms with Crippen LogP contribution in [0.3, 0.4) is 0 Å². The van der Waals surface area contributed by atoms with Gasteiger partial charge in [0.1, 0.15) is 17.5 Å². The summed E-state index contributed by atoms with van der Waals surface area (Å²) in [4.78, 5) is 11.1. The number of nitrogens with one attached hydrogen (secondary N) is 1. The molecule has 1 saturated heterocycles. The number of nitrogens with zero attached hydrogens (tertiary/aromatic N) is 3. The van der Waals surface area contributed by atoms with Crippen LogP contribution in [0.4, 0.5) is 11.6 Å². The highest BCUT2D eigenvalue weighted by atomic mass is 16.3. The van der Waals surface area contributed by atoms with Gasteiger partial charge in [-0.1, -0.05) is 0 Å². The summed E-state index contributed by atoms with van der Waals surface area (Å²) in [6.07, 6.45) is 3.08. The highest BCUT2D eigenvalue weighted by Crippen LogP contribution is 2.39. The summed E-state index contributed by atoms with van der Waals surface area (Å²) in [7, 11) is 0. The topological polar surface area (TPSA) is 87.3 Å². The van der Waals surface area contributed by atoms with Crippen molar-refractivity contribution in [3.8, 4) is 0 Å². The minimum absolute atomic E-state index is 0.486. The molecule has 2 fully saturated rings. The molecule has 1 unspecified atom stereocenters. The van der Waals surface area contributed by atoms with Gasteiger partial charge in [-0.3, -0.25) is 0 Å². The molecule has 1 atom stereocenters. The number of hydrogen-bond acceptors (Lipinski definition) is 6. The van der Waals surface area contributed by atoms with Crippen LogP contribution in [0.5, 0.6) is 0 Å². The monoisotopic (exact) mass is 249 g/mol. The molecule has 4 N–H and O–H groups in total. The molecular formula is C12H19N5O. The standard InChI is InChI=1S/C12H19N5O/c1-12(18)4-5-17(7-12)10-6-9(16-13)14-11(15-10)8-2-3-8/h6,8,18H,2-5,7,13H2,1H3,(H,14,15,16). The van der Waals surface area contributed by atoms with Gasteiger partial charge in [-0.2, -0.15) is 0 Å². The first kappa shape index (κ1) is 11.7. The zero-order valence-electron chi connectivity index (χ0n) is 10.6. The predicted octanol–water partition coefficient (Wildman–Crippen LogP) is 0.601. The number of nitrogen functional groups attached to an aromatic ring is 1. The Morgan fingerprint density at radius 3 is 2.83 bits per heavy atom. The summed E-state index contributed by atoms with van der Waals surface area (Å²) in [6.45, 7) is 3.29. The SMILES string of the molecule is CC1(O)CCN(c2cc(NN)nc(C3CC3)n2)C1. The van der Waals surface area contributed by atoms with E-state index in [9.17, 15) is 5.11 Å². The summed E-state index contributed by atoms with van der Waals surface area (Å²) in [6, 6.07) is 1.84. The fraction of sp³-hybridized carbons (Fsp3) is 0.667. The van der Waals surface area contributed by atoms with Gasteiger partial charge in [0.05, 0.1) is 5.60 Å². The minimum Gasteiger partial charge on any atom is -0.388 e. The number of aliphatic hydroxyl groups is 1. The second-order valence-corrected chi connectivity index (χ2v) is 5.56. The quantitative estimate of drug-likeness (QED) is 0.537.